The summed E-state index contributed by atoms with van der Waals surface area (Å²) in [5, 5.41) is 13.2. The summed E-state index contributed by atoms with van der Waals surface area (Å²) in [5.74, 6) is -0.431. The lowest BCUT2D eigenvalue weighted by Crippen LogP contribution is -2.25. The van der Waals surface area contributed by atoms with Crippen molar-refractivity contribution in [2.45, 2.75) is 11.3 Å². The monoisotopic (exact) mass is 352 g/mol. The van der Waals surface area contributed by atoms with Crippen molar-refractivity contribution in [3.05, 3.63) is 69.8 Å². The molecule has 0 heterocycles. The molecule has 2 aromatic rings. The molecule has 0 spiro atoms. The van der Waals surface area contributed by atoms with Crippen LogP contribution in [0.4, 0.5) is 9.57 Å². The van der Waals surface area contributed by atoms with Gasteiger partial charge in [0.25, 0.3) is 11.6 Å². The number of amides is 1. The van der Waals surface area contributed by atoms with E-state index < -0.39 is 25.9 Å². The van der Waals surface area contributed by atoms with Crippen LogP contribution in [0.3, 0.4) is 0 Å². The van der Waals surface area contributed by atoms with Crippen molar-refractivity contribution >= 4 is 21.8 Å². The Hall–Kier alpha value is -2.81. The zero-order chi connectivity index (χ0) is 17.7. The molecule has 0 radical (unpaired) electrons. The molecule has 1 N–H and O–H groups in total. The normalized spacial score (nSPS) is 11.0. The lowest BCUT2D eigenvalue weighted by Gasteiger charge is -2.06. The number of carbonyl (C=O) groups excluding carboxylic acids is 1. The van der Waals surface area contributed by atoms with Gasteiger partial charge in [0, 0.05) is 24.2 Å². The molecule has 0 saturated carbocycles. The van der Waals surface area contributed by atoms with E-state index in [0.717, 1.165) is 17.7 Å². The highest BCUT2D eigenvalue weighted by Crippen LogP contribution is 2.14. The number of non-ortho nitro benzene ring substituents is 1. The maximum Gasteiger partial charge on any atom is 0.332 e. The van der Waals surface area contributed by atoms with Crippen LogP contribution in [0.25, 0.3) is 0 Å². The molecule has 0 aliphatic heterocycles. The number of rotatable bonds is 6. The van der Waals surface area contributed by atoms with Gasteiger partial charge in [0.1, 0.15) is 0 Å². The molecule has 0 saturated heterocycles. The average molecular weight is 352 g/mol. The Balaban J connectivity index is 1.90. The molecular formula is C15H13FN2O5S. The number of nitro benzene ring substituents is 1. The summed E-state index contributed by atoms with van der Waals surface area (Å²) in [6, 6.07) is 10.4. The van der Waals surface area contributed by atoms with Gasteiger partial charge in [-0.05, 0) is 36.2 Å². The summed E-state index contributed by atoms with van der Waals surface area (Å²) in [6.45, 7) is 0.291. The summed E-state index contributed by atoms with van der Waals surface area (Å²) in [7, 11) is -4.79. The molecule has 2 aromatic carbocycles. The van der Waals surface area contributed by atoms with Gasteiger partial charge in [-0.1, -0.05) is 12.1 Å². The van der Waals surface area contributed by atoms with Crippen molar-refractivity contribution in [2.24, 2.45) is 0 Å². The first-order chi connectivity index (χ1) is 11.3. The minimum absolute atomic E-state index is 0.00862. The fraction of sp³-hybridized carbons (Fsp3) is 0.133. The third-order valence-electron chi connectivity index (χ3n) is 3.24. The van der Waals surface area contributed by atoms with Crippen molar-refractivity contribution in [3.63, 3.8) is 0 Å². The molecular weight excluding hydrogens is 339 g/mol. The van der Waals surface area contributed by atoms with Crippen LogP contribution in [0.15, 0.2) is 53.4 Å². The molecule has 7 nitrogen and oxygen atoms in total. The fourth-order valence-electron chi connectivity index (χ4n) is 1.98. The third-order valence-corrected chi connectivity index (χ3v) is 4.08. The predicted octanol–water partition coefficient (Wildman–Crippen LogP) is 2.23. The van der Waals surface area contributed by atoms with E-state index in [-0.39, 0.29) is 11.3 Å². The van der Waals surface area contributed by atoms with Gasteiger partial charge in [-0.2, -0.15) is 8.42 Å². The molecule has 0 fully saturated rings. The van der Waals surface area contributed by atoms with Gasteiger partial charge in [-0.3, -0.25) is 14.9 Å². The number of carbonyl (C=O) groups is 1. The maximum atomic E-state index is 12.8. The quantitative estimate of drug-likeness (QED) is 0.487. The Labute approximate surface area is 137 Å². The summed E-state index contributed by atoms with van der Waals surface area (Å²) in [5.41, 5.74) is 1.01. The van der Waals surface area contributed by atoms with Crippen LogP contribution in [0, 0.1) is 10.1 Å². The van der Waals surface area contributed by atoms with E-state index in [1.165, 1.54) is 24.3 Å². The van der Waals surface area contributed by atoms with E-state index in [2.05, 4.69) is 5.32 Å². The number of hydrogen-bond acceptors (Lipinski definition) is 5. The predicted molar refractivity (Wildman–Crippen MR) is 83.9 cm³/mol. The Morgan fingerprint density at radius 2 is 1.67 bits per heavy atom. The second-order valence-electron chi connectivity index (χ2n) is 4.89. The smallest absolute Gasteiger partial charge is 0.332 e. The van der Waals surface area contributed by atoms with E-state index in [9.17, 15) is 27.2 Å². The van der Waals surface area contributed by atoms with Gasteiger partial charge in [0.05, 0.1) is 9.82 Å². The number of nitro groups is 1. The molecule has 0 atom stereocenters. The van der Waals surface area contributed by atoms with E-state index in [4.69, 9.17) is 0 Å². The molecule has 0 aliphatic carbocycles. The van der Waals surface area contributed by atoms with Gasteiger partial charge in [-0.15, -0.1) is 3.89 Å². The molecule has 24 heavy (non-hydrogen) atoms. The van der Waals surface area contributed by atoms with E-state index in [1.54, 1.807) is 12.1 Å². The van der Waals surface area contributed by atoms with Gasteiger partial charge in [-0.25, -0.2) is 0 Å². The standard InChI is InChI=1S/C15H13FN2O5S/c16-24(22,23)14-7-3-12(4-8-14)15(19)17-10-9-11-1-5-13(6-2-11)18(20)21/h1-8H,9-10H2,(H,17,19). The number of halogens is 1. The van der Waals surface area contributed by atoms with Crippen LogP contribution in [0.1, 0.15) is 15.9 Å². The van der Waals surface area contributed by atoms with Crippen molar-refractivity contribution < 1.29 is 22.0 Å². The fourth-order valence-corrected chi connectivity index (χ4v) is 2.44. The van der Waals surface area contributed by atoms with Crippen LogP contribution in [0.5, 0.6) is 0 Å². The van der Waals surface area contributed by atoms with Crippen molar-refractivity contribution in [2.75, 3.05) is 6.54 Å². The highest BCUT2D eigenvalue weighted by Gasteiger charge is 2.13. The average Bonchev–Trinajstić information content (AvgIpc) is 2.54. The molecule has 0 unspecified atom stereocenters. The molecule has 1 amide bonds. The molecule has 0 aliphatic rings. The summed E-state index contributed by atoms with van der Waals surface area (Å²) in [4.78, 5) is 21.4. The Morgan fingerprint density at radius 3 is 2.17 bits per heavy atom. The minimum Gasteiger partial charge on any atom is -0.352 e. The Bertz CT molecular complexity index is 848. The lowest BCUT2D eigenvalue weighted by molar-refractivity contribution is -0.384. The number of nitrogens with one attached hydrogen (secondary N) is 1. The van der Waals surface area contributed by atoms with Gasteiger partial charge >= 0.3 is 10.2 Å². The molecule has 0 aromatic heterocycles. The molecule has 9 heteroatoms. The highest BCUT2D eigenvalue weighted by molar-refractivity contribution is 7.86. The van der Waals surface area contributed by atoms with Crippen LogP contribution < -0.4 is 5.32 Å². The second kappa shape index (κ2) is 7.18. The first-order valence-electron chi connectivity index (χ1n) is 6.83. The van der Waals surface area contributed by atoms with Crippen molar-refractivity contribution in [3.8, 4) is 0 Å². The van der Waals surface area contributed by atoms with Gasteiger partial charge in [0.15, 0.2) is 0 Å². The van der Waals surface area contributed by atoms with Gasteiger partial charge < -0.3 is 5.32 Å². The van der Waals surface area contributed by atoms with Crippen molar-refractivity contribution in [1.82, 2.24) is 5.32 Å². The number of hydrogen-bond donors (Lipinski definition) is 1. The van der Waals surface area contributed by atoms with Crippen LogP contribution in [-0.2, 0) is 16.6 Å². The summed E-state index contributed by atoms with van der Waals surface area (Å²) >= 11 is 0. The topological polar surface area (TPSA) is 106 Å². The van der Waals surface area contributed by atoms with Gasteiger partial charge in [0.2, 0.25) is 0 Å². The van der Waals surface area contributed by atoms with E-state index >= 15 is 0 Å². The largest absolute Gasteiger partial charge is 0.352 e. The highest BCUT2D eigenvalue weighted by atomic mass is 32.3. The maximum absolute atomic E-state index is 12.8. The number of nitrogens with zero attached hydrogens (tertiary/aromatic N) is 1. The van der Waals surface area contributed by atoms with Crippen molar-refractivity contribution in [1.29, 1.82) is 0 Å². The first kappa shape index (κ1) is 17.5. The zero-order valence-corrected chi connectivity index (χ0v) is 13.1. The first-order valence-corrected chi connectivity index (χ1v) is 8.22. The molecule has 126 valence electrons. The Kier molecular flexibility index (Phi) is 5.24. The third kappa shape index (κ3) is 4.59. The summed E-state index contributed by atoms with van der Waals surface area (Å²) in [6.07, 6.45) is 0.473. The van der Waals surface area contributed by atoms with E-state index in [0.29, 0.717) is 13.0 Å². The van der Waals surface area contributed by atoms with Crippen LogP contribution >= 0.6 is 0 Å². The number of benzene rings is 2. The second-order valence-corrected chi connectivity index (χ2v) is 6.24. The van der Waals surface area contributed by atoms with Crippen LogP contribution in [0.2, 0.25) is 0 Å². The zero-order valence-electron chi connectivity index (χ0n) is 12.3. The van der Waals surface area contributed by atoms with E-state index in [1.807, 2.05) is 0 Å². The Morgan fingerprint density at radius 1 is 1.08 bits per heavy atom. The summed E-state index contributed by atoms with van der Waals surface area (Å²) < 4.78 is 34.2. The molecule has 0 bridgehead atoms. The molecule has 2 rings (SSSR count). The SMILES string of the molecule is O=C(NCCc1ccc([N+](=O)[O-])cc1)c1ccc(S(=O)(=O)F)cc1. The van der Waals surface area contributed by atoms with Crippen LogP contribution in [-0.4, -0.2) is 25.8 Å². The lowest BCUT2D eigenvalue weighted by atomic mass is 10.1. The minimum atomic E-state index is -4.79.